The van der Waals surface area contributed by atoms with Crippen molar-refractivity contribution in [1.82, 2.24) is 10.9 Å². The number of rotatable bonds is 8. The Kier molecular flexibility index (Phi) is 12.5. The molecule has 0 radical (unpaired) electrons. The third-order valence-corrected chi connectivity index (χ3v) is 9.13. The van der Waals surface area contributed by atoms with Crippen molar-refractivity contribution in [3.05, 3.63) is 147 Å². The number of hydrazone groups is 2. The SMILES string of the molecule is C.O=[N+]([O-])c1cc(C2=NNC(=NCc3ccco3)SC2)ccc1Cl.c1ccc(-c2ccc(C3=NNC(=NCc4ccco4)SC3)cc2)cc1. The van der Waals surface area contributed by atoms with Crippen LogP contribution in [0.2, 0.25) is 5.02 Å². The van der Waals surface area contributed by atoms with Gasteiger partial charge in [0, 0.05) is 23.1 Å². The summed E-state index contributed by atoms with van der Waals surface area (Å²) < 4.78 is 10.5. The normalized spacial score (nSPS) is 15.5. The summed E-state index contributed by atoms with van der Waals surface area (Å²) in [5.41, 5.74) is 11.7. The second-order valence-corrected chi connectivity index (χ2v) is 12.5. The number of nitrogens with zero attached hydrogens (tertiary/aromatic N) is 5. The van der Waals surface area contributed by atoms with E-state index in [2.05, 4.69) is 79.6 Å². The monoisotopic (exact) mass is 713 g/mol. The summed E-state index contributed by atoms with van der Waals surface area (Å²) in [5.74, 6) is 2.97. The van der Waals surface area contributed by atoms with Gasteiger partial charge in [-0.05, 0) is 47.0 Å². The molecule has 4 heterocycles. The van der Waals surface area contributed by atoms with Crippen molar-refractivity contribution in [2.75, 3.05) is 11.5 Å². The molecule has 0 saturated carbocycles. The maximum Gasteiger partial charge on any atom is 0.288 e. The van der Waals surface area contributed by atoms with Crippen LogP contribution in [0, 0.1) is 10.1 Å². The number of halogens is 1. The van der Waals surface area contributed by atoms with Crippen LogP contribution in [-0.4, -0.2) is 38.2 Å². The fourth-order valence-electron chi connectivity index (χ4n) is 4.51. The Hall–Kier alpha value is -5.11. The molecule has 0 amide bonds. The number of aliphatic imine (C=N–C) groups is 2. The van der Waals surface area contributed by atoms with E-state index in [1.807, 2.05) is 24.3 Å². The topological polar surface area (TPSA) is 143 Å². The Morgan fingerprint density at radius 3 is 1.71 bits per heavy atom. The highest BCUT2D eigenvalue weighted by Gasteiger charge is 2.18. The van der Waals surface area contributed by atoms with E-state index in [0.29, 0.717) is 35.3 Å². The lowest BCUT2D eigenvalue weighted by Crippen LogP contribution is -2.25. The largest absolute Gasteiger partial charge is 0.467 e. The zero-order valence-electron chi connectivity index (χ0n) is 25.3. The highest BCUT2D eigenvalue weighted by atomic mass is 35.5. The number of thioether (sulfide) groups is 2. The van der Waals surface area contributed by atoms with Crippen LogP contribution in [0.5, 0.6) is 0 Å². The minimum absolute atomic E-state index is 0. The standard InChI is InChI=1S/C20H17N3OS.C14H11ClN4O3S.CH4/c1-2-5-15(6-3-1)16-8-10-17(11-9-16)19-14-25-20(23-22-19)21-13-18-7-4-12-24-18;15-11-4-3-9(6-13(11)19(20)21)12-8-23-14(18-17-12)16-7-10-2-1-5-22-10;/h1-12H,13-14H2,(H,21,23);1-6H,7-8H2,(H,16,18);1H4. The molecule has 49 heavy (non-hydrogen) atoms. The van der Waals surface area contributed by atoms with Crippen LogP contribution in [0.4, 0.5) is 5.69 Å². The Balaban J connectivity index is 0.000000188. The summed E-state index contributed by atoms with van der Waals surface area (Å²) >= 11 is 8.94. The number of nitro benzene ring substituents is 1. The number of hydrogen-bond donors (Lipinski definition) is 2. The molecule has 7 rings (SSSR count). The summed E-state index contributed by atoms with van der Waals surface area (Å²) in [6.07, 6.45) is 3.26. The van der Waals surface area contributed by atoms with Crippen LogP contribution in [-0.2, 0) is 13.1 Å². The Morgan fingerprint density at radius 1 is 0.714 bits per heavy atom. The van der Waals surface area contributed by atoms with Crippen molar-refractivity contribution in [2.45, 2.75) is 20.5 Å². The molecule has 0 unspecified atom stereocenters. The summed E-state index contributed by atoms with van der Waals surface area (Å²) in [6.45, 7) is 0.957. The van der Waals surface area contributed by atoms with E-state index in [4.69, 9.17) is 20.4 Å². The zero-order chi connectivity index (χ0) is 33.1. The molecule has 11 nitrogen and oxygen atoms in total. The number of amidine groups is 2. The predicted molar refractivity (Wildman–Crippen MR) is 201 cm³/mol. The third-order valence-electron chi connectivity index (χ3n) is 6.98. The van der Waals surface area contributed by atoms with E-state index in [1.165, 1.54) is 35.0 Å². The van der Waals surface area contributed by atoms with Gasteiger partial charge in [0.05, 0.1) is 42.0 Å². The number of nitro groups is 1. The zero-order valence-corrected chi connectivity index (χ0v) is 27.7. The highest BCUT2D eigenvalue weighted by Crippen LogP contribution is 2.27. The molecule has 0 spiro atoms. The minimum Gasteiger partial charge on any atom is -0.467 e. The van der Waals surface area contributed by atoms with Gasteiger partial charge < -0.3 is 8.83 Å². The molecule has 2 N–H and O–H groups in total. The summed E-state index contributed by atoms with van der Waals surface area (Å²) in [4.78, 5) is 19.3. The Morgan fingerprint density at radius 2 is 1.22 bits per heavy atom. The van der Waals surface area contributed by atoms with Crippen molar-refractivity contribution in [2.24, 2.45) is 20.2 Å². The molecule has 14 heteroatoms. The lowest BCUT2D eigenvalue weighted by Gasteiger charge is -2.15. The number of nitrogens with one attached hydrogen (secondary N) is 2. The van der Waals surface area contributed by atoms with Crippen LogP contribution in [0.15, 0.2) is 139 Å². The van der Waals surface area contributed by atoms with Crippen molar-refractivity contribution < 1.29 is 13.8 Å². The smallest absolute Gasteiger partial charge is 0.288 e. The van der Waals surface area contributed by atoms with E-state index in [0.717, 1.165) is 33.7 Å². The average Bonchev–Trinajstić information content (AvgIpc) is 3.87. The van der Waals surface area contributed by atoms with Gasteiger partial charge in [0.1, 0.15) is 16.5 Å². The van der Waals surface area contributed by atoms with Crippen LogP contribution in [0.1, 0.15) is 30.1 Å². The highest BCUT2D eigenvalue weighted by molar-refractivity contribution is 8.14. The first-order valence-electron chi connectivity index (χ1n) is 14.7. The summed E-state index contributed by atoms with van der Waals surface area (Å²) in [6, 6.07) is 31.0. The first-order valence-corrected chi connectivity index (χ1v) is 17.0. The van der Waals surface area contributed by atoms with Crippen molar-refractivity contribution >= 4 is 62.6 Å². The average molecular weight is 714 g/mol. The molecular weight excluding hydrogens is 682 g/mol. The lowest BCUT2D eigenvalue weighted by atomic mass is 10.0. The molecule has 0 fully saturated rings. The van der Waals surface area contributed by atoms with Crippen LogP contribution in [0.3, 0.4) is 0 Å². The maximum absolute atomic E-state index is 10.9. The molecule has 0 bridgehead atoms. The van der Waals surface area contributed by atoms with Gasteiger partial charge in [0.15, 0.2) is 10.3 Å². The molecule has 0 atom stereocenters. The molecular formula is C35H32ClN7O4S2. The molecule has 5 aromatic rings. The molecule has 2 aromatic heterocycles. The lowest BCUT2D eigenvalue weighted by molar-refractivity contribution is -0.384. The van der Waals surface area contributed by atoms with Gasteiger partial charge >= 0.3 is 0 Å². The van der Waals surface area contributed by atoms with Gasteiger partial charge in [-0.3, -0.25) is 31.0 Å². The van der Waals surface area contributed by atoms with E-state index >= 15 is 0 Å². The second-order valence-electron chi connectivity index (χ2n) is 10.2. The summed E-state index contributed by atoms with van der Waals surface area (Å²) in [5, 5.41) is 21.2. The van der Waals surface area contributed by atoms with Crippen molar-refractivity contribution in [3.63, 3.8) is 0 Å². The fourth-order valence-corrected chi connectivity index (χ4v) is 6.24. The first kappa shape index (κ1) is 35.2. The molecule has 0 saturated heterocycles. The van der Waals surface area contributed by atoms with E-state index in [1.54, 1.807) is 36.4 Å². The van der Waals surface area contributed by atoms with Gasteiger partial charge in [0.2, 0.25) is 0 Å². The molecule has 0 aliphatic carbocycles. The maximum atomic E-state index is 10.9. The summed E-state index contributed by atoms with van der Waals surface area (Å²) in [7, 11) is 0. The molecule has 3 aromatic carbocycles. The van der Waals surface area contributed by atoms with Crippen LogP contribution in [0.25, 0.3) is 11.1 Å². The second kappa shape index (κ2) is 17.3. The van der Waals surface area contributed by atoms with Gasteiger partial charge in [-0.1, -0.05) is 103 Å². The van der Waals surface area contributed by atoms with E-state index in [9.17, 15) is 10.1 Å². The predicted octanol–water partition coefficient (Wildman–Crippen LogP) is 8.62. The van der Waals surface area contributed by atoms with Gasteiger partial charge in [-0.2, -0.15) is 10.2 Å². The van der Waals surface area contributed by atoms with E-state index in [-0.39, 0.29) is 18.1 Å². The Bertz CT molecular complexity index is 1960. The van der Waals surface area contributed by atoms with Crippen molar-refractivity contribution in [3.8, 4) is 11.1 Å². The third kappa shape index (κ3) is 9.72. The number of hydrogen-bond acceptors (Lipinski definition) is 10. The minimum atomic E-state index is -0.508. The van der Waals surface area contributed by atoms with E-state index < -0.39 is 4.92 Å². The van der Waals surface area contributed by atoms with Crippen LogP contribution < -0.4 is 10.9 Å². The number of furan rings is 2. The quantitative estimate of drug-likeness (QED) is 0.120. The van der Waals surface area contributed by atoms with Gasteiger partial charge in [-0.15, -0.1) is 0 Å². The first-order chi connectivity index (χ1) is 23.5. The van der Waals surface area contributed by atoms with Gasteiger partial charge in [-0.25, -0.2) is 0 Å². The Labute approximate surface area is 296 Å². The molecule has 250 valence electrons. The molecule has 2 aliphatic rings. The van der Waals surface area contributed by atoms with Crippen LogP contribution >= 0.6 is 35.1 Å². The number of benzene rings is 3. The van der Waals surface area contributed by atoms with Gasteiger partial charge in [0.25, 0.3) is 5.69 Å². The fraction of sp³-hybridized carbons (Fsp3) is 0.143. The molecule has 2 aliphatic heterocycles. The van der Waals surface area contributed by atoms with Crippen molar-refractivity contribution in [1.29, 1.82) is 0 Å².